The third-order valence-corrected chi connectivity index (χ3v) is 3.53. The van der Waals surface area contributed by atoms with Crippen LogP contribution in [0.25, 0.3) is 0 Å². The molecule has 1 fully saturated rings. The Morgan fingerprint density at radius 3 is 2.50 bits per heavy atom. The molecule has 1 aromatic heterocycles. The van der Waals surface area contributed by atoms with Crippen LogP contribution in [0.4, 0.5) is 11.5 Å². The molecule has 3 rings (SSSR count). The first-order valence-electron chi connectivity index (χ1n) is 6.80. The molecule has 1 saturated heterocycles. The molecule has 0 bridgehead atoms. The molecule has 2 N–H and O–H groups in total. The van der Waals surface area contributed by atoms with Crippen molar-refractivity contribution in [1.29, 1.82) is 0 Å². The highest BCUT2D eigenvalue weighted by Crippen LogP contribution is 2.23. The molecule has 0 atom stereocenters. The van der Waals surface area contributed by atoms with Gasteiger partial charge in [0.2, 0.25) is 5.91 Å². The van der Waals surface area contributed by atoms with Crippen molar-refractivity contribution in [2.24, 2.45) is 5.92 Å². The SMILES string of the molecule is O=C(O)c1ccc(NC(=O)C2CN(c3cccnn3)C2)cc1. The van der Waals surface area contributed by atoms with Crippen molar-refractivity contribution in [3.05, 3.63) is 48.2 Å². The average molecular weight is 298 g/mol. The summed E-state index contributed by atoms with van der Waals surface area (Å²) in [5.41, 5.74) is 0.781. The van der Waals surface area contributed by atoms with Gasteiger partial charge in [0.1, 0.15) is 0 Å². The first kappa shape index (κ1) is 14.0. The Kier molecular flexibility index (Phi) is 3.69. The van der Waals surface area contributed by atoms with E-state index >= 15 is 0 Å². The molecule has 2 aromatic rings. The number of aromatic carboxylic acids is 1. The summed E-state index contributed by atoms with van der Waals surface area (Å²) in [7, 11) is 0. The standard InChI is InChI=1S/C15H14N4O3/c20-14(17-12-5-3-10(4-6-12)15(21)22)11-8-19(9-11)13-2-1-7-16-18-13/h1-7,11H,8-9H2,(H,17,20)(H,21,22). The zero-order chi connectivity index (χ0) is 15.5. The second kappa shape index (κ2) is 5.80. The summed E-state index contributed by atoms with van der Waals surface area (Å²) in [6, 6.07) is 9.75. The Bertz CT molecular complexity index is 682. The van der Waals surface area contributed by atoms with Crippen molar-refractivity contribution in [1.82, 2.24) is 10.2 Å². The fraction of sp³-hybridized carbons (Fsp3) is 0.200. The van der Waals surface area contributed by atoms with E-state index in [4.69, 9.17) is 5.11 Å². The molecule has 112 valence electrons. The van der Waals surface area contributed by atoms with Gasteiger partial charge in [-0.3, -0.25) is 4.79 Å². The zero-order valence-electron chi connectivity index (χ0n) is 11.6. The Labute approximate surface area is 126 Å². The van der Waals surface area contributed by atoms with Gasteiger partial charge in [-0.25, -0.2) is 4.79 Å². The van der Waals surface area contributed by atoms with Crippen molar-refractivity contribution in [2.45, 2.75) is 0 Å². The first-order chi connectivity index (χ1) is 10.6. The van der Waals surface area contributed by atoms with E-state index in [0.717, 1.165) is 5.82 Å². The summed E-state index contributed by atoms with van der Waals surface area (Å²) in [5, 5.41) is 19.4. The fourth-order valence-electron chi connectivity index (χ4n) is 2.23. The van der Waals surface area contributed by atoms with E-state index in [-0.39, 0.29) is 17.4 Å². The monoisotopic (exact) mass is 298 g/mol. The third kappa shape index (κ3) is 2.88. The first-order valence-corrected chi connectivity index (χ1v) is 6.80. The van der Waals surface area contributed by atoms with Crippen LogP contribution >= 0.6 is 0 Å². The Balaban J connectivity index is 1.54. The molecule has 0 saturated carbocycles. The summed E-state index contributed by atoms with van der Waals surface area (Å²) in [6.07, 6.45) is 1.61. The molecule has 2 heterocycles. The van der Waals surface area contributed by atoms with Crippen molar-refractivity contribution >= 4 is 23.4 Å². The minimum absolute atomic E-state index is 0.0804. The minimum Gasteiger partial charge on any atom is -0.478 e. The zero-order valence-corrected chi connectivity index (χ0v) is 11.6. The molecule has 0 aliphatic carbocycles. The molecule has 1 amide bonds. The molecular weight excluding hydrogens is 284 g/mol. The van der Waals surface area contributed by atoms with Crippen LogP contribution in [0.1, 0.15) is 10.4 Å². The number of nitrogens with zero attached hydrogens (tertiary/aromatic N) is 3. The number of aromatic nitrogens is 2. The van der Waals surface area contributed by atoms with Gasteiger partial charge in [-0.1, -0.05) is 0 Å². The molecule has 0 radical (unpaired) electrons. The van der Waals surface area contributed by atoms with Gasteiger partial charge in [0.05, 0.1) is 11.5 Å². The Morgan fingerprint density at radius 1 is 1.18 bits per heavy atom. The number of carbonyl (C=O) groups excluding carboxylic acids is 1. The highest BCUT2D eigenvalue weighted by Gasteiger charge is 2.33. The number of hydrogen-bond acceptors (Lipinski definition) is 5. The summed E-state index contributed by atoms with van der Waals surface area (Å²) in [5.74, 6) is -0.418. The van der Waals surface area contributed by atoms with E-state index in [1.54, 1.807) is 24.4 Å². The average Bonchev–Trinajstić information content (AvgIpc) is 2.47. The molecule has 0 unspecified atom stereocenters. The van der Waals surface area contributed by atoms with Crippen LogP contribution in [0.2, 0.25) is 0 Å². The Morgan fingerprint density at radius 2 is 1.91 bits per heavy atom. The van der Waals surface area contributed by atoms with Gasteiger partial charge >= 0.3 is 5.97 Å². The normalized spacial score (nSPS) is 14.3. The summed E-state index contributed by atoms with van der Waals surface area (Å²) in [6.45, 7) is 1.19. The maximum atomic E-state index is 12.1. The molecule has 1 aliphatic heterocycles. The van der Waals surface area contributed by atoms with Crippen LogP contribution in [0.15, 0.2) is 42.6 Å². The number of carboxylic acid groups (broad SMARTS) is 1. The second-order valence-corrected chi connectivity index (χ2v) is 5.06. The van der Waals surface area contributed by atoms with E-state index in [2.05, 4.69) is 15.5 Å². The van der Waals surface area contributed by atoms with Gasteiger partial charge in [-0.2, -0.15) is 5.10 Å². The molecule has 7 heteroatoms. The lowest BCUT2D eigenvalue weighted by Crippen LogP contribution is -2.52. The van der Waals surface area contributed by atoms with Crippen LogP contribution < -0.4 is 10.2 Å². The molecule has 0 spiro atoms. The van der Waals surface area contributed by atoms with Gasteiger partial charge in [0.15, 0.2) is 5.82 Å². The lowest BCUT2D eigenvalue weighted by Gasteiger charge is -2.38. The number of anilines is 2. The number of carbonyl (C=O) groups is 2. The van der Waals surface area contributed by atoms with Gasteiger partial charge < -0.3 is 15.3 Å². The number of nitrogens with one attached hydrogen (secondary N) is 1. The van der Waals surface area contributed by atoms with Crippen LogP contribution in [0.3, 0.4) is 0 Å². The van der Waals surface area contributed by atoms with E-state index in [1.165, 1.54) is 12.1 Å². The topological polar surface area (TPSA) is 95.4 Å². The van der Waals surface area contributed by atoms with Crippen molar-refractivity contribution < 1.29 is 14.7 Å². The summed E-state index contributed by atoms with van der Waals surface area (Å²) < 4.78 is 0. The highest BCUT2D eigenvalue weighted by molar-refractivity contribution is 5.95. The number of benzene rings is 1. The smallest absolute Gasteiger partial charge is 0.335 e. The van der Waals surface area contributed by atoms with E-state index in [0.29, 0.717) is 18.8 Å². The minimum atomic E-state index is -0.989. The summed E-state index contributed by atoms with van der Waals surface area (Å²) in [4.78, 5) is 24.8. The number of amides is 1. The predicted octanol–water partition coefficient (Wildman–Crippen LogP) is 1.25. The Hall–Kier alpha value is -2.96. The molecule has 7 nitrogen and oxygen atoms in total. The van der Waals surface area contributed by atoms with E-state index in [9.17, 15) is 9.59 Å². The fourth-order valence-corrected chi connectivity index (χ4v) is 2.23. The molecule has 1 aromatic carbocycles. The maximum Gasteiger partial charge on any atom is 0.335 e. The largest absolute Gasteiger partial charge is 0.478 e. The predicted molar refractivity (Wildman–Crippen MR) is 79.8 cm³/mol. The summed E-state index contributed by atoms with van der Waals surface area (Å²) >= 11 is 0. The van der Waals surface area contributed by atoms with E-state index in [1.807, 2.05) is 11.0 Å². The van der Waals surface area contributed by atoms with Crippen LogP contribution in [-0.4, -0.2) is 40.3 Å². The van der Waals surface area contributed by atoms with Crippen molar-refractivity contribution in [3.63, 3.8) is 0 Å². The van der Waals surface area contributed by atoms with Gasteiger partial charge in [-0.05, 0) is 36.4 Å². The highest BCUT2D eigenvalue weighted by atomic mass is 16.4. The third-order valence-electron chi connectivity index (χ3n) is 3.53. The van der Waals surface area contributed by atoms with Crippen LogP contribution in [-0.2, 0) is 4.79 Å². The van der Waals surface area contributed by atoms with Crippen molar-refractivity contribution in [2.75, 3.05) is 23.3 Å². The van der Waals surface area contributed by atoms with Crippen LogP contribution in [0.5, 0.6) is 0 Å². The van der Waals surface area contributed by atoms with Crippen LogP contribution in [0, 0.1) is 5.92 Å². The maximum absolute atomic E-state index is 12.1. The van der Waals surface area contributed by atoms with Crippen molar-refractivity contribution in [3.8, 4) is 0 Å². The van der Waals surface area contributed by atoms with Gasteiger partial charge in [0, 0.05) is 25.0 Å². The molecular formula is C15H14N4O3. The second-order valence-electron chi connectivity index (χ2n) is 5.06. The quantitative estimate of drug-likeness (QED) is 0.882. The lowest BCUT2D eigenvalue weighted by atomic mass is 9.99. The van der Waals surface area contributed by atoms with Gasteiger partial charge in [-0.15, -0.1) is 5.10 Å². The molecule has 1 aliphatic rings. The van der Waals surface area contributed by atoms with E-state index < -0.39 is 5.97 Å². The van der Waals surface area contributed by atoms with Gasteiger partial charge in [0.25, 0.3) is 0 Å². The number of carboxylic acids is 1. The number of rotatable bonds is 4. The lowest BCUT2D eigenvalue weighted by molar-refractivity contribution is -0.120. The number of hydrogen-bond donors (Lipinski definition) is 2. The molecule has 22 heavy (non-hydrogen) atoms.